The normalized spacial score (nSPS) is 9.69. The van der Waals surface area contributed by atoms with Crippen molar-refractivity contribution in [3.05, 3.63) is 29.6 Å². The van der Waals surface area contributed by atoms with E-state index in [1.165, 1.54) is 0 Å². The number of hydrogen-bond acceptors (Lipinski definition) is 3. The number of nitrogens with zero attached hydrogens (tertiary/aromatic N) is 1. The predicted octanol–water partition coefficient (Wildman–Crippen LogP) is 0.0785. The lowest BCUT2D eigenvalue weighted by Crippen LogP contribution is -2.29. The summed E-state index contributed by atoms with van der Waals surface area (Å²) in [6.45, 7) is 2.82. The highest BCUT2D eigenvalue weighted by Gasteiger charge is 2.03. The Morgan fingerprint density at radius 3 is 2.92 bits per heavy atom. The van der Waals surface area contributed by atoms with E-state index in [4.69, 9.17) is 5.73 Å². The van der Waals surface area contributed by atoms with E-state index in [0.29, 0.717) is 18.7 Å². The number of nitrogens with one attached hydrogen (secondary N) is 1. The third kappa shape index (κ3) is 2.83. The smallest absolute Gasteiger partial charge is 0.252 e. The van der Waals surface area contributed by atoms with Crippen LogP contribution in [0.2, 0.25) is 0 Å². The molecule has 0 aliphatic carbocycles. The highest BCUT2D eigenvalue weighted by atomic mass is 16.1. The molecule has 1 amide bonds. The monoisotopic (exact) mass is 179 g/mol. The van der Waals surface area contributed by atoms with Gasteiger partial charge >= 0.3 is 0 Å². The van der Waals surface area contributed by atoms with Crippen molar-refractivity contribution in [2.75, 3.05) is 13.1 Å². The molecule has 1 rings (SSSR count). The topological polar surface area (TPSA) is 68.0 Å². The van der Waals surface area contributed by atoms with E-state index in [-0.39, 0.29) is 5.91 Å². The summed E-state index contributed by atoms with van der Waals surface area (Å²) >= 11 is 0. The van der Waals surface area contributed by atoms with Gasteiger partial charge in [-0.3, -0.25) is 9.78 Å². The van der Waals surface area contributed by atoms with Crippen LogP contribution in [0.25, 0.3) is 0 Å². The van der Waals surface area contributed by atoms with Gasteiger partial charge < -0.3 is 11.1 Å². The number of amides is 1. The summed E-state index contributed by atoms with van der Waals surface area (Å²) in [5, 5.41) is 2.66. The van der Waals surface area contributed by atoms with Crippen LogP contribution < -0.4 is 11.1 Å². The van der Waals surface area contributed by atoms with E-state index in [9.17, 15) is 4.79 Å². The Labute approximate surface area is 77.2 Å². The third-order valence-electron chi connectivity index (χ3n) is 1.60. The van der Waals surface area contributed by atoms with Crippen LogP contribution in [0.1, 0.15) is 16.1 Å². The molecule has 70 valence electrons. The standard InChI is InChI=1S/C9H13N3O/c1-7-2-3-8(6-12-7)9(13)11-5-4-10/h2-3,6H,4-5,10H2,1H3,(H,11,13). The Bertz CT molecular complexity index is 281. The van der Waals surface area contributed by atoms with E-state index in [1.54, 1.807) is 18.3 Å². The lowest BCUT2D eigenvalue weighted by atomic mass is 10.2. The van der Waals surface area contributed by atoms with Crippen LogP contribution in [-0.4, -0.2) is 24.0 Å². The minimum atomic E-state index is -0.127. The second-order valence-corrected chi connectivity index (χ2v) is 2.73. The van der Waals surface area contributed by atoms with E-state index in [2.05, 4.69) is 10.3 Å². The zero-order valence-corrected chi connectivity index (χ0v) is 7.58. The van der Waals surface area contributed by atoms with Gasteiger partial charge in [0.25, 0.3) is 5.91 Å². The fourth-order valence-corrected chi connectivity index (χ4v) is 0.890. The van der Waals surface area contributed by atoms with E-state index >= 15 is 0 Å². The summed E-state index contributed by atoms with van der Waals surface area (Å²) < 4.78 is 0. The lowest BCUT2D eigenvalue weighted by molar-refractivity contribution is 0.0954. The van der Waals surface area contributed by atoms with E-state index in [0.717, 1.165) is 5.69 Å². The molecule has 0 fully saturated rings. The molecule has 0 unspecified atom stereocenters. The van der Waals surface area contributed by atoms with Gasteiger partial charge in [-0.1, -0.05) is 0 Å². The van der Waals surface area contributed by atoms with Gasteiger partial charge in [-0.2, -0.15) is 0 Å². The quantitative estimate of drug-likeness (QED) is 0.690. The minimum absolute atomic E-state index is 0.127. The summed E-state index contributed by atoms with van der Waals surface area (Å²) in [4.78, 5) is 15.3. The molecule has 0 radical (unpaired) electrons. The number of aryl methyl sites for hydroxylation is 1. The number of carbonyl (C=O) groups is 1. The van der Waals surface area contributed by atoms with Gasteiger partial charge in [0.05, 0.1) is 5.56 Å². The number of hydrogen-bond donors (Lipinski definition) is 2. The van der Waals surface area contributed by atoms with Gasteiger partial charge in [-0.15, -0.1) is 0 Å². The Balaban J connectivity index is 2.61. The largest absolute Gasteiger partial charge is 0.351 e. The zero-order valence-electron chi connectivity index (χ0n) is 7.58. The molecule has 0 saturated carbocycles. The first kappa shape index (κ1) is 9.67. The zero-order chi connectivity index (χ0) is 9.68. The van der Waals surface area contributed by atoms with E-state index < -0.39 is 0 Å². The van der Waals surface area contributed by atoms with Crippen LogP contribution in [0.4, 0.5) is 0 Å². The van der Waals surface area contributed by atoms with Gasteiger partial charge in [0.2, 0.25) is 0 Å². The van der Waals surface area contributed by atoms with Crippen molar-refractivity contribution in [1.29, 1.82) is 0 Å². The molecule has 1 aromatic heterocycles. The molecule has 0 bridgehead atoms. The number of rotatable bonds is 3. The number of aromatic nitrogens is 1. The maximum Gasteiger partial charge on any atom is 0.252 e. The maximum absolute atomic E-state index is 11.3. The van der Waals surface area contributed by atoms with Crippen molar-refractivity contribution < 1.29 is 4.79 Å². The van der Waals surface area contributed by atoms with Crippen LogP contribution in [0.5, 0.6) is 0 Å². The Morgan fingerprint density at radius 2 is 2.38 bits per heavy atom. The Kier molecular flexibility index (Phi) is 3.40. The molecule has 0 aliphatic heterocycles. The average molecular weight is 179 g/mol. The second kappa shape index (κ2) is 4.57. The molecule has 4 heteroatoms. The molecule has 0 atom stereocenters. The van der Waals surface area contributed by atoms with Crippen LogP contribution in [-0.2, 0) is 0 Å². The summed E-state index contributed by atoms with van der Waals surface area (Å²) in [5.41, 5.74) is 6.72. The number of carbonyl (C=O) groups excluding carboxylic acids is 1. The first-order chi connectivity index (χ1) is 6.24. The minimum Gasteiger partial charge on any atom is -0.351 e. The average Bonchev–Trinajstić information content (AvgIpc) is 2.15. The van der Waals surface area contributed by atoms with E-state index in [1.807, 2.05) is 6.92 Å². The first-order valence-electron chi connectivity index (χ1n) is 4.15. The molecular weight excluding hydrogens is 166 g/mol. The highest BCUT2D eigenvalue weighted by Crippen LogP contribution is 1.98. The first-order valence-corrected chi connectivity index (χ1v) is 4.15. The van der Waals surface area contributed by atoms with Gasteiger partial charge in [-0.05, 0) is 19.1 Å². The van der Waals surface area contributed by atoms with Gasteiger partial charge in [0.15, 0.2) is 0 Å². The Hall–Kier alpha value is -1.42. The van der Waals surface area contributed by atoms with Crippen LogP contribution in [0, 0.1) is 6.92 Å². The van der Waals surface area contributed by atoms with Crippen molar-refractivity contribution in [3.63, 3.8) is 0 Å². The fourth-order valence-electron chi connectivity index (χ4n) is 0.890. The van der Waals surface area contributed by atoms with Crippen molar-refractivity contribution in [1.82, 2.24) is 10.3 Å². The molecule has 0 aliphatic rings. The van der Waals surface area contributed by atoms with Gasteiger partial charge in [-0.25, -0.2) is 0 Å². The SMILES string of the molecule is Cc1ccc(C(=O)NCCN)cn1. The molecule has 1 heterocycles. The Morgan fingerprint density at radius 1 is 1.62 bits per heavy atom. The van der Waals surface area contributed by atoms with Gasteiger partial charge in [0.1, 0.15) is 0 Å². The summed E-state index contributed by atoms with van der Waals surface area (Å²) in [6.07, 6.45) is 1.56. The lowest BCUT2D eigenvalue weighted by Gasteiger charge is -2.02. The highest BCUT2D eigenvalue weighted by molar-refractivity contribution is 5.93. The van der Waals surface area contributed by atoms with Crippen molar-refractivity contribution in [2.45, 2.75) is 6.92 Å². The molecule has 13 heavy (non-hydrogen) atoms. The molecule has 0 spiro atoms. The molecule has 0 saturated heterocycles. The molecule has 4 nitrogen and oxygen atoms in total. The van der Waals surface area contributed by atoms with Crippen molar-refractivity contribution in [3.8, 4) is 0 Å². The van der Waals surface area contributed by atoms with Crippen LogP contribution >= 0.6 is 0 Å². The number of nitrogens with two attached hydrogens (primary N) is 1. The number of pyridine rings is 1. The fraction of sp³-hybridized carbons (Fsp3) is 0.333. The van der Waals surface area contributed by atoms with Gasteiger partial charge in [0, 0.05) is 25.0 Å². The molecule has 0 aromatic carbocycles. The van der Waals surface area contributed by atoms with Crippen molar-refractivity contribution >= 4 is 5.91 Å². The third-order valence-corrected chi connectivity index (χ3v) is 1.60. The second-order valence-electron chi connectivity index (χ2n) is 2.73. The summed E-state index contributed by atoms with van der Waals surface area (Å²) in [5.74, 6) is -0.127. The maximum atomic E-state index is 11.3. The van der Waals surface area contributed by atoms with Crippen molar-refractivity contribution in [2.24, 2.45) is 5.73 Å². The van der Waals surface area contributed by atoms with Crippen LogP contribution in [0.3, 0.4) is 0 Å². The summed E-state index contributed by atoms with van der Waals surface area (Å²) in [6, 6.07) is 3.55. The molecule has 3 N–H and O–H groups in total. The van der Waals surface area contributed by atoms with Crippen LogP contribution in [0.15, 0.2) is 18.3 Å². The summed E-state index contributed by atoms with van der Waals surface area (Å²) in [7, 11) is 0. The molecular formula is C9H13N3O. The predicted molar refractivity (Wildman–Crippen MR) is 50.4 cm³/mol. The molecule has 1 aromatic rings.